The lowest BCUT2D eigenvalue weighted by Crippen LogP contribution is -2.74. The second kappa shape index (κ2) is 16.8. The Morgan fingerprint density at radius 1 is 0.290 bits per heavy atom. The van der Waals surface area contributed by atoms with Crippen molar-refractivity contribution in [1.82, 2.24) is 0 Å². The molecule has 0 unspecified atom stereocenters. The molecule has 0 spiro atoms. The normalized spacial score (nSPS) is 11.8. The van der Waals surface area contributed by atoms with Gasteiger partial charge in [-0.3, -0.25) is 0 Å². The highest BCUT2D eigenvalue weighted by Crippen LogP contribution is 2.44. The van der Waals surface area contributed by atoms with Gasteiger partial charge in [-0.05, 0) is 107 Å². The standard InChI is InChI=1S/C66H45NOSi/c1-5-18-46(19-6-1)56-26-13-14-27-57(56)47-34-36-50(37-35-47)67(64-30-17-29-62-60(64)42-43-63-61-28-15-16-31-65(61)68-66(62)63)51-38-40-58-48(44-51)32-33-49-45-55(39-41-59(49)58)69(52-20-7-2-8-21-52,53-22-9-3-10-23-53)54-24-11-4-12-25-54/h1-45H. The topological polar surface area (TPSA) is 16.4 Å². The van der Waals surface area contributed by atoms with Gasteiger partial charge < -0.3 is 9.32 Å². The van der Waals surface area contributed by atoms with Crippen LogP contribution in [0.2, 0.25) is 0 Å². The quantitative estimate of drug-likeness (QED) is 0.0815. The number of hydrogen-bond donors (Lipinski definition) is 0. The summed E-state index contributed by atoms with van der Waals surface area (Å²) in [6.45, 7) is 0. The minimum atomic E-state index is -2.69. The fourth-order valence-corrected chi connectivity index (χ4v) is 15.8. The Bertz CT molecular complexity index is 3900. The largest absolute Gasteiger partial charge is 0.455 e. The van der Waals surface area contributed by atoms with E-state index in [0.717, 1.165) is 49.8 Å². The van der Waals surface area contributed by atoms with Crippen molar-refractivity contribution in [1.29, 1.82) is 0 Å². The van der Waals surface area contributed by atoms with E-state index in [2.05, 4.69) is 272 Å². The Morgan fingerprint density at radius 2 is 0.768 bits per heavy atom. The molecular weight excluding hydrogens is 851 g/mol. The van der Waals surface area contributed by atoms with E-state index in [-0.39, 0.29) is 0 Å². The number of benzene rings is 12. The van der Waals surface area contributed by atoms with Crippen LogP contribution >= 0.6 is 0 Å². The van der Waals surface area contributed by atoms with Gasteiger partial charge in [-0.2, -0.15) is 0 Å². The van der Waals surface area contributed by atoms with E-state index in [4.69, 9.17) is 4.42 Å². The molecule has 0 aliphatic carbocycles. The van der Waals surface area contributed by atoms with E-state index in [0.29, 0.717) is 0 Å². The molecule has 0 radical (unpaired) electrons. The van der Waals surface area contributed by atoms with Crippen molar-refractivity contribution in [2.45, 2.75) is 0 Å². The van der Waals surface area contributed by atoms with Crippen molar-refractivity contribution in [2.75, 3.05) is 4.90 Å². The maximum absolute atomic E-state index is 6.61. The minimum Gasteiger partial charge on any atom is -0.455 e. The molecule has 0 bridgehead atoms. The monoisotopic (exact) mass is 895 g/mol. The van der Waals surface area contributed by atoms with Crippen LogP contribution in [-0.2, 0) is 0 Å². The summed E-state index contributed by atoms with van der Waals surface area (Å²) in [6, 6.07) is 100. The third-order valence-electron chi connectivity index (χ3n) is 14.2. The molecule has 0 fully saturated rings. The molecule has 0 N–H and O–H groups in total. The second-order valence-electron chi connectivity index (χ2n) is 18.0. The van der Waals surface area contributed by atoms with E-state index in [9.17, 15) is 0 Å². The van der Waals surface area contributed by atoms with Crippen LogP contribution in [-0.4, -0.2) is 8.07 Å². The second-order valence-corrected chi connectivity index (χ2v) is 21.8. The molecule has 13 rings (SSSR count). The molecule has 0 saturated heterocycles. The third-order valence-corrected chi connectivity index (χ3v) is 19.0. The van der Waals surface area contributed by atoms with Crippen molar-refractivity contribution >= 4 is 100 Å². The van der Waals surface area contributed by atoms with Crippen molar-refractivity contribution in [3.05, 3.63) is 273 Å². The Labute approximate surface area is 402 Å². The third kappa shape index (κ3) is 6.78. The molecule has 0 amide bonds. The first kappa shape index (κ1) is 40.5. The first-order chi connectivity index (χ1) is 34.2. The van der Waals surface area contributed by atoms with Gasteiger partial charge in [0, 0.05) is 32.9 Å². The summed E-state index contributed by atoms with van der Waals surface area (Å²) < 4.78 is 6.61. The van der Waals surface area contributed by atoms with Gasteiger partial charge in [0.25, 0.3) is 0 Å². The van der Waals surface area contributed by atoms with Crippen molar-refractivity contribution < 1.29 is 4.42 Å². The van der Waals surface area contributed by atoms with Gasteiger partial charge in [0.05, 0.1) is 5.69 Å². The Balaban J connectivity index is 0.973. The van der Waals surface area contributed by atoms with Crippen LogP contribution in [0.4, 0.5) is 17.1 Å². The summed E-state index contributed by atoms with van der Waals surface area (Å²) in [6.07, 6.45) is 0. The Kier molecular flexibility index (Phi) is 9.88. The SMILES string of the molecule is c1ccc(-c2ccccc2-c2ccc(N(c3ccc4c(ccc5cc([Si](c6ccccc6)(c6ccccc6)c6ccccc6)ccc54)c3)c3cccc4c3ccc3c5ccccc5oc43)cc2)cc1. The number of furan rings is 1. The summed E-state index contributed by atoms with van der Waals surface area (Å²) in [7, 11) is -2.69. The lowest BCUT2D eigenvalue weighted by molar-refractivity contribution is 0.672. The molecule has 13 aromatic rings. The fraction of sp³-hybridized carbons (Fsp3) is 0. The average Bonchev–Trinajstić information content (AvgIpc) is 3.82. The number of anilines is 3. The highest BCUT2D eigenvalue weighted by Gasteiger charge is 2.41. The maximum Gasteiger partial charge on any atom is 0.179 e. The summed E-state index contributed by atoms with van der Waals surface area (Å²) >= 11 is 0. The summed E-state index contributed by atoms with van der Waals surface area (Å²) in [5.74, 6) is 0. The minimum absolute atomic E-state index is 0.899. The van der Waals surface area contributed by atoms with Crippen LogP contribution in [0.3, 0.4) is 0 Å². The molecule has 3 heteroatoms. The molecule has 2 nitrogen and oxygen atoms in total. The van der Waals surface area contributed by atoms with Crippen molar-refractivity contribution in [3.63, 3.8) is 0 Å². The van der Waals surface area contributed by atoms with Crippen LogP contribution < -0.4 is 25.6 Å². The van der Waals surface area contributed by atoms with Gasteiger partial charge in [0.15, 0.2) is 8.07 Å². The number of rotatable bonds is 9. The average molecular weight is 896 g/mol. The lowest BCUT2D eigenvalue weighted by atomic mass is 9.94. The Hall–Kier alpha value is -8.76. The maximum atomic E-state index is 6.61. The zero-order valence-electron chi connectivity index (χ0n) is 37.8. The van der Waals surface area contributed by atoms with Gasteiger partial charge in [-0.25, -0.2) is 0 Å². The van der Waals surface area contributed by atoms with Gasteiger partial charge >= 0.3 is 0 Å². The van der Waals surface area contributed by atoms with Crippen LogP contribution in [0.1, 0.15) is 0 Å². The van der Waals surface area contributed by atoms with Crippen molar-refractivity contribution in [3.8, 4) is 22.3 Å². The fourth-order valence-electron chi connectivity index (χ4n) is 11.0. The highest BCUT2D eigenvalue weighted by molar-refractivity contribution is 7.20. The molecule has 69 heavy (non-hydrogen) atoms. The molecule has 0 aliphatic heterocycles. The van der Waals surface area contributed by atoms with Gasteiger partial charge in [-0.15, -0.1) is 0 Å². The van der Waals surface area contributed by atoms with Crippen LogP contribution in [0, 0.1) is 0 Å². The molecule has 0 saturated carbocycles. The zero-order valence-corrected chi connectivity index (χ0v) is 38.8. The van der Waals surface area contributed by atoms with Crippen LogP contribution in [0.25, 0.3) is 76.5 Å². The highest BCUT2D eigenvalue weighted by atomic mass is 28.3. The summed E-state index contributed by atoms with van der Waals surface area (Å²) in [5, 5.41) is 14.8. The molecule has 12 aromatic carbocycles. The van der Waals surface area contributed by atoms with E-state index in [1.807, 2.05) is 6.07 Å². The molecular formula is C66H45NOSi. The van der Waals surface area contributed by atoms with Gasteiger partial charge in [0.1, 0.15) is 11.2 Å². The summed E-state index contributed by atoms with van der Waals surface area (Å²) in [4.78, 5) is 2.41. The molecule has 0 atom stereocenters. The Morgan fingerprint density at radius 3 is 1.42 bits per heavy atom. The van der Waals surface area contributed by atoms with Crippen molar-refractivity contribution in [2.24, 2.45) is 0 Å². The predicted octanol–water partition coefficient (Wildman–Crippen LogP) is 15.2. The zero-order chi connectivity index (χ0) is 45.7. The van der Waals surface area contributed by atoms with Crippen LogP contribution in [0.5, 0.6) is 0 Å². The number of hydrogen-bond acceptors (Lipinski definition) is 2. The van der Waals surface area contributed by atoms with E-state index in [1.54, 1.807) is 0 Å². The predicted molar refractivity (Wildman–Crippen MR) is 295 cm³/mol. The molecule has 1 aromatic heterocycles. The molecule has 1 heterocycles. The summed E-state index contributed by atoms with van der Waals surface area (Å²) in [5.41, 5.74) is 9.84. The van der Waals surface area contributed by atoms with E-state index in [1.165, 1.54) is 64.5 Å². The molecule has 0 aliphatic rings. The smallest absolute Gasteiger partial charge is 0.179 e. The number of para-hydroxylation sites is 1. The van der Waals surface area contributed by atoms with E-state index >= 15 is 0 Å². The first-order valence-electron chi connectivity index (χ1n) is 23.7. The molecule has 324 valence electrons. The first-order valence-corrected chi connectivity index (χ1v) is 25.7. The number of nitrogens with zero attached hydrogens (tertiary/aromatic N) is 1. The van der Waals surface area contributed by atoms with Gasteiger partial charge in [0.2, 0.25) is 0 Å². The number of fused-ring (bicyclic) bond motifs is 8. The lowest BCUT2D eigenvalue weighted by Gasteiger charge is -2.34. The van der Waals surface area contributed by atoms with Gasteiger partial charge in [-0.1, -0.05) is 231 Å². The van der Waals surface area contributed by atoms with E-state index < -0.39 is 8.07 Å². The van der Waals surface area contributed by atoms with Crippen LogP contribution in [0.15, 0.2) is 277 Å².